The fourth-order valence-corrected chi connectivity index (χ4v) is 2.83. The molecule has 1 aromatic rings. The summed E-state index contributed by atoms with van der Waals surface area (Å²) in [6, 6.07) is 5.07. The van der Waals surface area contributed by atoms with Gasteiger partial charge in [-0.3, -0.25) is 0 Å². The Labute approximate surface area is 108 Å². The van der Waals surface area contributed by atoms with Gasteiger partial charge in [-0.15, -0.1) is 0 Å². The van der Waals surface area contributed by atoms with Crippen LogP contribution in [0.5, 0.6) is 0 Å². The van der Waals surface area contributed by atoms with Crippen LogP contribution in [0, 0.1) is 11.7 Å². The van der Waals surface area contributed by atoms with Crippen molar-refractivity contribution in [1.82, 2.24) is 0 Å². The first kappa shape index (κ1) is 13.3. The van der Waals surface area contributed by atoms with Gasteiger partial charge < -0.3 is 10.0 Å². The summed E-state index contributed by atoms with van der Waals surface area (Å²) in [7, 11) is 0. The maximum absolute atomic E-state index is 13.8. The highest BCUT2D eigenvalue weighted by atomic mass is 19.1. The molecular formula is C15H22FNO. The number of hydrogen-bond donors (Lipinski definition) is 1. The number of nitrogens with zero attached hydrogens (tertiary/aromatic N) is 1. The van der Waals surface area contributed by atoms with Crippen LogP contribution in [0.3, 0.4) is 0 Å². The van der Waals surface area contributed by atoms with E-state index in [1.54, 1.807) is 13.0 Å². The van der Waals surface area contributed by atoms with Crippen LogP contribution in [-0.4, -0.2) is 18.2 Å². The number of aliphatic hydroxyl groups is 1. The number of halogens is 1. The summed E-state index contributed by atoms with van der Waals surface area (Å²) in [5.41, 5.74) is 1.30. The van der Waals surface area contributed by atoms with E-state index in [1.165, 1.54) is 12.5 Å². The van der Waals surface area contributed by atoms with Gasteiger partial charge in [0.25, 0.3) is 0 Å². The van der Waals surface area contributed by atoms with Gasteiger partial charge in [-0.25, -0.2) is 4.39 Å². The maximum Gasteiger partial charge on any atom is 0.131 e. The zero-order valence-corrected chi connectivity index (χ0v) is 11.2. The number of aliphatic hydroxyl groups excluding tert-OH is 1. The standard InChI is InChI=1S/C15H22FNO/c1-3-12-6-5-9-17(10-12)14-8-4-7-13(16)15(14)11(2)18/h4,7-8,11-12,18H,3,5-6,9-10H2,1-2H3/t11-,12?/m0/s1. The highest BCUT2D eigenvalue weighted by Crippen LogP contribution is 2.32. The van der Waals surface area contributed by atoms with Crippen LogP contribution in [-0.2, 0) is 0 Å². The van der Waals surface area contributed by atoms with E-state index in [2.05, 4.69) is 11.8 Å². The van der Waals surface area contributed by atoms with Gasteiger partial charge in [0.15, 0.2) is 0 Å². The zero-order chi connectivity index (χ0) is 13.1. The summed E-state index contributed by atoms with van der Waals surface area (Å²) in [6.07, 6.45) is 2.80. The van der Waals surface area contributed by atoms with E-state index >= 15 is 0 Å². The molecule has 1 aliphatic heterocycles. The first-order chi connectivity index (χ1) is 8.63. The van der Waals surface area contributed by atoms with Crippen molar-refractivity contribution in [3.8, 4) is 0 Å². The summed E-state index contributed by atoms with van der Waals surface area (Å²) < 4.78 is 13.8. The van der Waals surface area contributed by atoms with Crippen LogP contribution in [0.4, 0.5) is 10.1 Å². The molecule has 1 unspecified atom stereocenters. The third-order valence-electron chi connectivity index (χ3n) is 3.88. The summed E-state index contributed by atoms with van der Waals surface area (Å²) in [5, 5.41) is 9.77. The monoisotopic (exact) mass is 251 g/mol. The highest BCUT2D eigenvalue weighted by molar-refractivity contribution is 5.55. The predicted octanol–water partition coefficient (Wildman–Crippen LogP) is 3.51. The normalized spacial score (nSPS) is 22.0. The molecule has 2 rings (SSSR count). The number of anilines is 1. The Bertz CT molecular complexity index is 405. The molecule has 100 valence electrons. The average molecular weight is 251 g/mol. The number of rotatable bonds is 3. The molecule has 1 fully saturated rings. The lowest BCUT2D eigenvalue weighted by Gasteiger charge is -2.35. The van der Waals surface area contributed by atoms with Crippen LogP contribution >= 0.6 is 0 Å². The second-order valence-electron chi connectivity index (χ2n) is 5.21. The first-order valence-corrected chi connectivity index (χ1v) is 6.85. The molecule has 0 amide bonds. The van der Waals surface area contributed by atoms with E-state index in [-0.39, 0.29) is 5.82 Å². The minimum absolute atomic E-state index is 0.305. The van der Waals surface area contributed by atoms with Crippen molar-refractivity contribution in [3.05, 3.63) is 29.6 Å². The third-order valence-corrected chi connectivity index (χ3v) is 3.88. The van der Waals surface area contributed by atoms with Crippen LogP contribution in [0.1, 0.15) is 44.8 Å². The minimum Gasteiger partial charge on any atom is -0.389 e. The Morgan fingerprint density at radius 2 is 2.28 bits per heavy atom. The van der Waals surface area contributed by atoms with Gasteiger partial charge in [0.1, 0.15) is 5.82 Å². The van der Waals surface area contributed by atoms with Gasteiger partial charge in [-0.2, -0.15) is 0 Å². The third kappa shape index (κ3) is 2.66. The summed E-state index contributed by atoms with van der Waals surface area (Å²) in [6.45, 7) is 5.76. The van der Waals surface area contributed by atoms with Crippen molar-refractivity contribution in [2.45, 2.75) is 39.2 Å². The summed E-state index contributed by atoms with van der Waals surface area (Å²) >= 11 is 0. The minimum atomic E-state index is -0.761. The van der Waals surface area contributed by atoms with Crippen LogP contribution < -0.4 is 4.90 Å². The highest BCUT2D eigenvalue weighted by Gasteiger charge is 2.23. The fraction of sp³-hybridized carbons (Fsp3) is 0.600. The molecule has 1 saturated heterocycles. The van der Waals surface area contributed by atoms with Crippen molar-refractivity contribution < 1.29 is 9.50 Å². The molecule has 1 aromatic carbocycles. The van der Waals surface area contributed by atoms with E-state index in [4.69, 9.17) is 0 Å². The number of benzene rings is 1. The Hall–Kier alpha value is -1.09. The second-order valence-corrected chi connectivity index (χ2v) is 5.21. The van der Waals surface area contributed by atoms with Gasteiger partial charge in [0, 0.05) is 24.3 Å². The molecule has 0 spiro atoms. The van der Waals surface area contributed by atoms with Gasteiger partial charge in [-0.1, -0.05) is 19.4 Å². The maximum atomic E-state index is 13.8. The number of piperidine rings is 1. The van der Waals surface area contributed by atoms with E-state index in [0.29, 0.717) is 11.5 Å². The average Bonchev–Trinajstić information content (AvgIpc) is 2.38. The first-order valence-electron chi connectivity index (χ1n) is 6.85. The Balaban J connectivity index is 2.29. The molecule has 2 atom stereocenters. The van der Waals surface area contributed by atoms with E-state index in [9.17, 15) is 9.50 Å². The van der Waals surface area contributed by atoms with Crippen LogP contribution in [0.25, 0.3) is 0 Å². The van der Waals surface area contributed by atoms with Gasteiger partial charge in [0.05, 0.1) is 6.10 Å². The van der Waals surface area contributed by atoms with Crippen LogP contribution in [0.15, 0.2) is 18.2 Å². The molecule has 0 saturated carbocycles. The Kier molecular flexibility index (Phi) is 4.23. The molecule has 1 heterocycles. The Morgan fingerprint density at radius 1 is 1.50 bits per heavy atom. The zero-order valence-electron chi connectivity index (χ0n) is 11.2. The molecule has 0 bridgehead atoms. The molecule has 0 aliphatic carbocycles. The van der Waals surface area contributed by atoms with Crippen molar-refractivity contribution in [2.75, 3.05) is 18.0 Å². The lowest BCUT2D eigenvalue weighted by molar-refractivity contribution is 0.194. The molecule has 0 aromatic heterocycles. The molecule has 3 heteroatoms. The predicted molar refractivity (Wildman–Crippen MR) is 72.3 cm³/mol. The SMILES string of the molecule is CCC1CCCN(c2cccc(F)c2[C@H](C)O)C1. The van der Waals surface area contributed by atoms with Crippen molar-refractivity contribution in [1.29, 1.82) is 0 Å². The quantitative estimate of drug-likeness (QED) is 0.888. The number of hydrogen-bond acceptors (Lipinski definition) is 2. The smallest absolute Gasteiger partial charge is 0.131 e. The Morgan fingerprint density at radius 3 is 2.94 bits per heavy atom. The van der Waals surface area contributed by atoms with Crippen molar-refractivity contribution in [2.24, 2.45) is 5.92 Å². The second kappa shape index (κ2) is 5.70. The molecular weight excluding hydrogens is 229 g/mol. The molecule has 1 N–H and O–H groups in total. The molecule has 2 nitrogen and oxygen atoms in total. The lowest BCUT2D eigenvalue weighted by atomic mass is 9.94. The molecule has 1 aliphatic rings. The lowest BCUT2D eigenvalue weighted by Crippen LogP contribution is -2.36. The van der Waals surface area contributed by atoms with E-state index in [0.717, 1.165) is 31.6 Å². The van der Waals surface area contributed by atoms with Gasteiger partial charge >= 0.3 is 0 Å². The van der Waals surface area contributed by atoms with E-state index in [1.807, 2.05) is 6.07 Å². The van der Waals surface area contributed by atoms with Crippen LogP contribution in [0.2, 0.25) is 0 Å². The van der Waals surface area contributed by atoms with E-state index < -0.39 is 6.10 Å². The largest absolute Gasteiger partial charge is 0.389 e. The molecule has 18 heavy (non-hydrogen) atoms. The fourth-order valence-electron chi connectivity index (χ4n) is 2.83. The van der Waals surface area contributed by atoms with Gasteiger partial charge in [0.2, 0.25) is 0 Å². The topological polar surface area (TPSA) is 23.5 Å². The summed E-state index contributed by atoms with van der Waals surface area (Å²) in [5.74, 6) is 0.380. The van der Waals surface area contributed by atoms with Crippen molar-refractivity contribution in [3.63, 3.8) is 0 Å². The summed E-state index contributed by atoms with van der Waals surface area (Å²) in [4.78, 5) is 2.22. The molecule has 0 radical (unpaired) electrons. The van der Waals surface area contributed by atoms with Gasteiger partial charge in [-0.05, 0) is 37.8 Å². The van der Waals surface area contributed by atoms with Crippen molar-refractivity contribution >= 4 is 5.69 Å².